The number of pyridine rings is 1. The number of rotatable bonds is 5. The SMILES string of the molecule is CC(NCC1(N(C)C)CCCCC1)c1cccnc1. The second-order valence-electron chi connectivity index (χ2n) is 6.07. The maximum Gasteiger partial charge on any atom is 0.0328 e. The molecule has 1 unspecified atom stereocenters. The van der Waals surface area contributed by atoms with E-state index in [0.29, 0.717) is 11.6 Å². The first-order chi connectivity index (χ1) is 9.14. The van der Waals surface area contributed by atoms with Crippen LogP contribution in [0, 0.1) is 0 Å². The van der Waals surface area contributed by atoms with Crippen LogP contribution >= 0.6 is 0 Å². The molecule has 0 saturated heterocycles. The van der Waals surface area contributed by atoms with Gasteiger partial charge in [0.1, 0.15) is 0 Å². The van der Waals surface area contributed by atoms with Crippen molar-refractivity contribution in [3.05, 3.63) is 30.1 Å². The van der Waals surface area contributed by atoms with Crippen molar-refractivity contribution in [2.75, 3.05) is 20.6 Å². The molecule has 0 bridgehead atoms. The number of likely N-dealkylation sites (N-methyl/N-ethyl adjacent to an activating group) is 1. The van der Waals surface area contributed by atoms with E-state index in [4.69, 9.17) is 0 Å². The topological polar surface area (TPSA) is 28.2 Å². The van der Waals surface area contributed by atoms with Gasteiger partial charge in [0, 0.05) is 30.5 Å². The van der Waals surface area contributed by atoms with Crippen LogP contribution in [-0.4, -0.2) is 36.1 Å². The Morgan fingerprint density at radius 2 is 2.05 bits per heavy atom. The van der Waals surface area contributed by atoms with Gasteiger partial charge in [-0.1, -0.05) is 25.3 Å². The smallest absolute Gasteiger partial charge is 0.0328 e. The van der Waals surface area contributed by atoms with Gasteiger partial charge in [-0.25, -0.2) is 0 Å². The predicted octanol–water partition coefficient (Wildman–Crippen LogP) is 3.00. The van der Waals surface area contributed by atoms with Crippen molar-refractivity contribution in [3.63, 3.8) is 0 Å². The highest BCUT2D eigenvalue weighted by Gasteiger charge is 2.34. The summed E-state index contributed by atoms with van der Waals surface area (Å²) >= 11 is 0. The van der Waals surface area contributed by atoms with E-state index in [-0.39, 0.29) is 0 Å². The standard InChI is InChI=1S/C16H27N3/c1-14(15-8-7-11-17-12-15)18-13-16(19(2)3)9-5-4-6-10-16/h7-8,11-12,14,18H,4-6,9-10,13H2,1-3H3. The van der Waals surface area contributed by atoms with Gasteiger partial charge >= 0.3 is 0 Å². The van der Waals surface area contributed by atoms with Crippen LogP contribution in [0.5, 0.6) is 0 Å². The zero-order chi connectivity index (χ0) is 13.7. The van der Waals surface area contributed by atoms with E-state index >= 15 is 0 Å². The molecule has 19 heavy (non-hydrogen) atoms. The third-order valence-corrected chi connectivity index (χ3v) is 4.65. The minimum Gasteiger partial charge on any atom is -0.308 e. The Morgan fingerprint density at radius 1 is 1.32 bits per heavy atom. The molecule has 1 fully saturated rings. The molecule has 1 aliphatic rings. The lowest BCUT2D eigenvalue weighted by Gasteiger charge is -2.44. The van der Waals surface area contributed by atoms with E-state index in [2.05, 4.69) is 42.3 Å². The van der Waals surface area contributed by atoms with Gasteiger partial charge in [0.2, 0.25) is 0 Å². The van der Waals surface area contributed by atoms with Gasteiger partial charge in [0.15, 0.2) is 0 Å². The van der Waals surface area contributed by atoms with Gasteiger partial charge < -0.3 is 10.2 Å². The summed E-state index contributed by atoms with van der Waals surface area (Å²) in [7, 11) is 4.45. The molecular formula is C16H27N3. The van der Waals surface area contributed by atoms with Crippen LogP contribution < -0.4 is 5.32 Å². The molecule has 1 heterocycles. The highest BCUT2D eigenvalue weighted by Crippen LogP contribution is 2.32. The zero-order valence-electron chi connectivity index (χ0n) is 12.5. The molecule has 0 amide bonds. The Labute approximate surface area is 117 Å². The molecule has 2 rings (SSSR count). The normalized spacial score (nSPS) is 20.4. The Bertz CT molecular complexity index is 369. The molecule has 3 nitrogen and oxygen atoms in total. The molecule has 106 valence electrons. The molecule has 3 heteroatoms. The van der Waals surface area contributed by atoms with Crippen molar-refractivity contribution in [2.24, 2.45) is 0 Å². The molecule has 0 spiro atoms. The van der Waals surface area contributed by atoms with Crippen molar-refractivity contribution in [1.29, 1.82) is 0 Å². The first-order valence-electron chi connectivity index (χ1n) is 7.45. The van der Waals surface area contributed by atoms with Crippen molar-refractivity contribution in [2.45, 2.75) is 50.6 Å². The van der Waals surface area contributed by atoms with E-state index in [0.717, 1.165) is 6.54 Å². The summed E-state index contributed by atoms with van der Waals surface area (Å²) in [4.78, 5) is 6.63. The largest absolute Gasteiger partial charge is 0.308 e. The van der Waals surface area contributed by atoms with E-state index < -0.39 is 0 Å². The monoisotopic (exact) mass is 261 g/mol. The summed E-state index contributed by atoms with van der Waals surface area (Å²) in [5, 5.41) is 3.71. The highest BCUT2D eigenvalue weighted by atomic mass is 15.2. The Balaban J connectivity index is 1.95. The Kier molecular flexibility index (Phi) is 4.94. The second kappa shape index (κ2) is 6.49. The minimum atomic E-state index is 0.342. The molecule has 0 aliphatic heterocycles. The van der Waals surface area contributed by atoms with Gasteiger partial charge in [-0.2, -0.15) is 0 Å². The molecular weight excluding hydrogens is 234 g/mol. The molecule has 1 aromatic rings. The summed E-state index contributed by atoms with van der Waals surface area (Å²) < 4.78 is 0. The van der Waals surface area contributed by atoms with Crippen LogP contribution in [0.2, 0.25) is 0 Å². The lowest BCUT2D eigenvalue weighted by molar-refractivity contribution is 0.0958. The predicted molar refractivity (Wildman–Crippen MR) is 80.2 cm³/mol. The van der Waals surface area contributed by atoms with E-state index in [1.54, 1.807) is 0 Å². The number of aromatic nitrogens is 1. The maximum atomic E-state index is 4.20. The first kappa shape index (κ1) is 14.5. The number of hydrogen-bond acceptors (Lipinski definition) is 3. The van der Waals surface area contributed by atoms with Gasteiger partial charge in [0.05, 0.1) is 0 Å². The van der Waals surface area contributed by atoms with Crippen LogP contribution in [0.4, 0.5) is 0 Å². The summed E-state index contributed by atoms with van der Waals surface area (Å²) in [5.74, 6) is 0. The summed E-state index contributed by atoms with van der Waals surface area (Å²) in [6, 6.07) is 4.52. The van der Waals surface area contributed by atoms with Crippen molar-refractivity contribution < 1.29 is 0 Å². The fraction of sp³-hybridized carbons (Fsp3) is 0.688. The summed E-state index contributed by atoms with van der Waals surface area (Å²) in [6.45, 7) is 3.29. The third-order valence-electron chi connectivity index (χ3n) is 4.65. The van der Waals surface area contributed by atoms with Gasteiger partial charge in [0.25, 0.3) is 0 Å². The molecule has 1 atom stereocenters. The quantitative estimate of drug-likeness (QED) is 0.883. The van der Waals surface area contributed by atoms with Crippen molar-refractivity contribution in [3.8, 4) is 0 Å². The molecule has 0 aromatic carbocycles. The van der Waals surface area contributed by atoms with Crippen LogP contribution in [0.25, 0.3) is 0 Å². The number of hydrogen-bond donors (Lipinski definition) is 1. The van der Waals surface area contributed by atoms with Gasteiger partial charge in [-0.05, 0) is 45.5 Å². The molecule has 1 aromatic heterocycles. The van der Waals surface area contributed by atoms with E-state index in [9.17, 15) is 0 Å². The third kappa shape index (κ3) is 3.54. The van der Waals surface area contributed by atoms with Crippen molar-refractivity contribution in [1.82, 2.24) is 15.2 Å². The highest BCUT2D eigenvalue weighted by molar-refractivity contribution is 5.13. The number of nitrogens with zero attached hydrogens (tertiary/aromatic N) is 2. The van der Waals surface area contributed by atoms with E-state index in [1.165, 1.54) is 37.7 Å². The van der Waals surface area contributed by atoms with Gasteiger partial charge in [-0.3, -0.25) is 4.98 Å². The molecule has 1 saturated carbocycles. The number of nitrogens with one attached hydrogen (secondary N) is 1. The fourth-order valence-electron chi connectivity index (χ4n) is 3.09. The fourth-order valence-corrected chi connectivity index (χ4v) is 3.09. The average Bonchev–Trinajstić information content (AvgIpc) is 2.46. The van der Waals surface area contributed by atoms with Crippen LogP contribution in [0.3, 0.4) is 0 Å². The van der Waals surface area contributed by atoms with Crippen LogP contribution in [0.1, 0.15) is 50.6 Å². The van der Waals surface area contributed by atoms with Crippen LogP contribution in [0.15, 0.2) is 24.5 Å². The maximum absolute atomic E-state index is 4.20. The molecule has 1 N–H and O–H groups in total. The van der Waals surface area contributed by atoms with Crippen molar-refractivity contribution >= 4 is 0 Å². The first-order valence-corrected chi connectivity index (χ1v) is 7.45. The van der Waals surface area contributed by atoms with Crippen LogP contribution in [-0.2, 0) is 0 Å². The lowest BCUT2D eigenvalue weighted by Crippen LogP contribution is -2.53. The Hall–Kier alpha value is -0.930. The Morgan fingerprint density at radius 3 is 2.63 bits per heavy atom. The summed E-state index contributed by atoms with van der Waals surface area (Å²) in [5.41, 5.74) is 1.61. The van der Waals surface area contributed by atoms with E-state index in [1.807, 2.05) is 18.5 Å². The van der Waals surface area contributed by atoms with Gasteiger partial charge in [-0.15, -0.1) is 0 Å². The zero-order valence-corrected chi connectivity index (χ0v) is 12.5. The molecule has 0 radical (unpaired) electrons. The minimum absolute atomic E-state index is 0.342. The molecule has 1 aliphatic carbocycles. The second-order valence-corrected chi connectivity index (χ2v) is 6.07. The summed E-state index contributed by atoms with van der Waals surface area (Å²) in [6.07, 6.45) is 10.5. The average molecular weight is 261 g/mol. The lowest BCUT2D eigenvalue weighted by atomic mass is 9.80.